The number of halogens is 1. The van der Waals surface area contributed by atoms with Crippen LogP contribution in [0.25, 0.3) is 0 Å². The number of nitrogens with zero attached hydrogens (tertiary/aromatic N) is 5. The van der Waals surface area contributed by atoms with Crippen molar-refractivity contribution in [1.29, 1.82) is 0 Å². The van der Waals surface area contributed by atoms with Crippen LogP contribution in [-0.2, 0) is 0 Å². The Labute approximate surface area is 165 Å². The number of anilines is 2. The second-order valence-corrected chi connectivity index (χ2v) is 7.70. The molecule has 2 aromatic rings. The molecule has 0 saturated carbocycles. The fraction of sp³-hybridized carbons (Fsp3) is 0.476. The summed E-state index contributed by atoms with van der Waals surface area (Å²) in [6.45, 7) is 6.67. The predicted octanol–water partition coefficient (Wildman–Crippen LogP) is 2.81. The molecule has 4 rings (SSSR count). The third-order valence-electron chi connectivity index (χ3n) is 5.61. The molecule has 7 heteroatoms. The minimum absolute atomic E-state index is 0.0324. The summed E-state index contributed by atoms with van der Waals surface area (Å²) in [6.07, 6.45) is 2.22. The first-order valence-electron chi connectivity index (χ1n) is 9.99. The van der Waals surface area contributed by atoms with E-state index < -0.39 is 0 Å². The van der Waals surface area contributed by atoms with Crippen LogP contribution in [0.4, 0.5) is 15.9 Å². The molecule has 148 valence electrons. The monoisotopic (exact) mass is 383 g/mol. The van der Waals surface area contributed by atoms with Crippen LogP contribution in [0.3, 0.4) is 0 Å². The number of benzene rings is 1. The number of amides is 1. The maximum Gasteiger partial charge on any atom is 0.274 e. The lowest BCUT2D eigenvalue weighted by Crippen LogP contribution is -2.47. The lowest BCUT2D eigenvalue weighted by atomic mass is 10.00. The summed E-state index contributed by atoms with van der Waals surface area (Å²) in [5.41, 5.74) is 1.05. The summed E-state index contributed by atoms with van der Waals surface area (Å²) in [6, 6.07) is 10.5. The molecule has 0 aliphatic carbocycles. The Hall–Kier alpha value is -2.70. The van der Waals surface area contributed by atoms with E-state index in [1.165, 1.54) is 12.5 Å². The molecule has 1 aromatic heterocycles. The van der Waals surface area contributed by atoms with Gasteiger partial charge in [-0.1, -0.05) is 19.1 Å². The molecule has 1 atom stereocenters. The van der Waals surface area contributed by atoms with Crippen LogP contribution in [0.1, 0.15) is 30.3 Å². The first-order valence-corrected chi connectivity index (χ1v) is 9.99. The smallest absolute Gasteiger partial charge is 0.274 e. The van der Waals surface area contributed by atoms with Crippen LogP contribution < -0.4 is 9.80 Å². The molecule has 2 fully saturated rings. The topological polar surface area (TPSA) is 52.6 Å². The van der Waals surface area contributed by atoms with E-state index in [2.05, 4.69) is 26.9 Å². The highest BCUT2D eigenvalue weighted by molar-refractivity contribution is 5.92. The molecule has 0 radical (unpaired) electrons. The number of hydrogen-bond donors (Lipinski definition) is 0. The summed E-state index contributed by atoms with van der Waals surface area (Å²) >= 11 is 0. The number of carbonyl (C=O) groups is 1. The van der Waals surface area contributed by atoms with Crippen molar-refractivity contribution in [3.63, 3.8) is 0 Å². The number of rotatable bonds is 3. The molecule has 0 spiro atoms. The van der Waals surface area contributed by atoms with Gasteiger partial charge in [-0.25, -0.2) is 4.39 Å². The van der Waals surface area contributed by atoms with E-state index in [1.54, 1.807) is 12.1 Å². The summed E-state index contributed by atoms with van der Waals surface area (Å²) in [5, 5.41) is 8.48. The van der Waals surface area contributed by atoms with Gasteiger partial charge in [0.15, 0.2) is 11.5 Å². The Balaban J connectivity index is 1.37. The number of likely N-dealkylation sites (tertiary alicyclic amines) is 1. The van der Waals surface area contributed by atoms with Gasteiger partial charge in [0.2, 0.25) is 0 Å². The van der Waals surface area contributed by atoms with Gasteiger partial charge in [-0.3, -0.25) is 4.79 Å². The van der Waals surface area contributed by atoms with E-state index in [9.17, 15) is 9.18 Å². The van der Waals surface area contributed by atoms with E-state index >= 15 is 0 Å². The first kappa shape index (κ1) is 18.7. The van der Waals surface area contributed by atoms with Crippen LogP contribution in [0, 0.1) is 11.7 Å². The first-order chi connectivity index (χ1) is 13.6. The van der Waals surface area contributed by atoms with Gasteiger partial charge in [0, 0.05) is 39.3 Å². The quantitative estimate of drug-likeness (QED) is 0.816. The Morgan fingerprint density at radius 3 is 2.43 bits per heavy atom. The van der Waals surface area contributed by atoms with Gasteiger partial charge in [0.25, 0.3) is 5.91 Å². The van der Waals surface area contributed by atoms with Crippen molar-refractivity contribution < 1.29 is 9.18 Å². The van der Waals surface area contributed by atoms with E-state index in [4.69, 9.17) is 0 Å². The van der Waals surface area contributed by atoms with Crippen molar-refractivity contribution in [2.45, 2.75) is 19.8 Å². The van der Waals surface area contributed by atoms with Gasteiger partial charge in [0.1, 0.15) is 5.82 Å². The molecular weight excluding hydrogens is 357 g/mol. The third kappa shape index (κ3) is 3.93. The minimum atomic E-state index is -0.189. The fourth-order valence-electron chi connectivity index (χ4n) is 4.03. The van der Waals surface area contributed by atoms with E-state index in [-0.39, 0.29) is 11.7 Å². The van der Waals surface area contributed by atoms with E-state index in [0.29, 0.717) is 17.3 Å². The number of hydrogen-bond acceptors (Lipinski definition) is 5. The lowest BCUT2D eigenvalue weighted by Gasteiger charge is -2.36. The molecular formula is C21H26FN5O. The number of piperazine rings is 1. The SMILES string of the molecule is CC1CCCN(C(=O)c2ccc(N3CCN(c4ccccc4F)CC3)nn2)C1. The summed E-state index contributed by atoms with van der Waals surface area (Å²) < 4.78 is 14.0. The molecule has 3 heterocycles. The third-order valence-corrected chi connectivity index (χ3v) is 5.61. The zero-order valence-electron chi connectivity index (χ0n) is 16.2. The standard InChI is InChI=1S/C21H26FN5O/c1-16-5-4-10-27(15-16)21(28)18-8-9-20(24-23-18)26-13-11-25(12-14-26)19-7-3-2-6-17(19)22/h2-3,6-9,16H,4-5,10-15H2,1H3. The maximum atomic E-state index is 14.0. The molecule has 2 saturated heterocycles. The highest BCUT2D eigenvalue weighted by atomic mass is 19.1. The zero-order valence-corrected chi connectivity index (χ0v) is 16.2. The zero-order chi connectivity index (χ0) is 19.5. The Morgan fingerprint density at radius 2 is 1.75 bits per heavy atom. The molecule has 28 heavy (non-hydrogen) atoms. The molecule has 1 unspecified atom stereocenters. The number of aromatic nitrogens is 2. The van der Waals surface area contributed by atoms with Gasteiger partial charge >= 0.3 is 0 Å². The van der Waals surface area contributed by atoms with Gasteiger partial charge in [0.05, 0.1) is 5.69 Å². The van der Waals surface area contributed by atoms with Gasteiger partial charge < -0.3 is 14.7 Å². The Kier molecular flexibility index (Phi) is 5.41. The minimum Gasteiger partial charge on any atom is -0.366 e. The van der Waals surface area contributed by atoms with E-state index in [1.807, 2.05) is 23.1 Å². The number of piperidine rings is 1. The van der Waals surface area contributed by atoms with Crippen molar-refractivity contribution in [2.75, 3.05) is 49.1 Å². The van der Waals surface area contributed by atoms with Crippen molar-refractivity contribution in [2.24, 2.45) is 5.92 Å². The molecule has 0 bridgehead atoms. The summed E-state index contributed by atoms with van der Waals surface area (Å²) in [7, 11) is 0. The molecule has 1 amide bonds. The van der Waals surface area contributed by atoms with Gasteiger partial charge in [-0.05, 0) is 43.0 Å². The van der Waals surface area contributed by atoms with Crippen molar-refractivity contribution in [3.8, 4) is 0 Å². The molecule has 2 aliphatic rings. The van der Waals surface area contributed by atoms with Gasteiger partial charge in [-0.2, -0.15) is 0 Å². The lowest BCUT2D eigenvalue weighted by molar-refractivity contribution is 0.0676. The molecule has 1 aromatic carbocycles. The Bertz CT molecular complexity index is 820. The van der Waals surface area contributed by atoms with Crippen LogP contribution in [0.15, 0.2) is 36.4 Å². The molecule has 6 nitrogen and oxygen atoms in total. The van der Waals surface area contributed by atoms with Crippen LogP contribution in [0.5, 0.6) is 0 Å². The Morgan fingerprint density at radius 1 is 1.00 bits per heavy atom. The van der Waals surface area contributed by atoms with Gasteiger partial charge in [-0.15, -0.1) is 10.2 Å². The van der Waals surface area contributed by atoms with Crippen molar-refractivity contribution >= 4 is 17.4 Å². The second kappa shape index (κ2) is 8.12. The van der Waals surface area contributed by atoms with Crippen LogP contribution >= 0.6 is 0 Å². The highest BCUT2D eigenvalue weighted by Crippen LogP contribution is 2.22. The van der Waals surface area contributed by atoms with Crippen LogP contribution in [0.2, 0.25) is 0 Å². The van der Waals surface area contributed by atoms with Crippen molar-refractivity contribution in [3.05, 3.63) is 47.9 Å². The summed E-state index contributed by atoms with van der Waals surface area (Å²) in [5.74, 6) is 1.08. The average Bonchev–Trinajstić information content (AvgIpc) is 2.74. The number of carbonyl (C=O) groups excluding carboxylic acids is 1. The number of para-hydroxylation sites is 1. The predicted molar refractivity (Wildman–Crippen MR) is 107 cm³/mol. The van der Waals surface area contributed by atoms with E-state index in [0.717, 1.165) is 51.5 Å². The summed E-state index contributed by atoms with van der Waals surface area (Å²) in [4.78, 5) is 18.7. The largest absolute Gasteiger partial charge is 0.366 e. The molecule has 2 aliphatic heterocycles. The van der Waals surface area contributed by atoms with Crippen molar-refractivity contribution in [1.82, 2.24) is 15.1 Å². The fourth-order valence-corrected chi connectivity index (χ4v) is 4.03. The maximum absolute atomic E-state index is 14.0. The normalized spacial score (nSPS) is 20.4. The average molecular weight is 383 g/mol. The highest BCUT2D eigenvalue weighted by Gasteiger charge is 2.24. The van der Waals surface area contributed by atoms with Crippen LogP contribution in [-0.4, -0.2) is 60.3 Å². The second-order valence-electron chi connectivity index (χ2n) is 7.70. The molecule has 0 N–H and O–H groups in total.